The third-order valence-electron chi connectivity index (χ3n) is 2.24. The number of hydrogen-bond donors (Lipinski definition) is 0. The van der Waals surface area contributed by atoms with E-state index in [0.29, 0.717) is 24.6 Å². The van der Waals surface area contributed by atoms with E-state index in [-0.39, 0.29) is 0 Å². The molecule has 0 unspecified atom stereocenters. The molecule has 0 saturated heterocycles. The summed E-state index contributed by atoms with van der Waals surface area (Å²) in [4.78, 5) is 10.3. The summed E-state index contributed by atoms with van der Waals surface area (Å²) >= 11 is 3.41. The van der Waals surface area contributed by atoms with Crippen LogP contribution in [0.4, 0.5) is 0 Å². The molecule has 5 heteroatoms. The minimum atomic E-state index is 0.517. The summed E-state index contributed by atoms with van der Waals surface area (Å²) in [6.45, 7) is 6.90. The highest BCUT2D eigenvalue weighted by molar-refractivity contribution is 9.10. The third-order valence-corrected chi connectivity index (χ3v) is 2.77. The first-order valence-electron chi connectivity index (χ1n) is 6.31. The van der Waals surface area contributed by atoms with Gasteiger partial charge in [-0.05, 0) is 32.4 Å². The molecule has 1 aromatic rings. The van der Waals surface area contributed by atoms with Crippen molar-refractivity contribution in [3.8, 4) is 0 Å². The molecule has 1 rings (SSSR count). The quantitative estimate of drug-likeness (QED) is 0.432. The van der Waals surface area contributed by atoms with Crippen molar-refractivity contribution in [2.45, 2.75) is 27.2 Å². The Labute approximate surface area is 122 Å². The molecule has 0 bridgehead atoms. The smallest absolute Gasteiger partial charge is 0.134 e. The van der Waals surface area contributed by atoms with Gasteiger partial charge in [-0.1, -0.05) is 45.3 Å². The summed E-state index contributed by atoms with van der Waals surface area (Å²) in [6, 6.07) is 7.83. The maximum Gasteiger partial charge on any atom is 0.134 e. The molecule has 0 N–H and O–H groups in total. The van der Waals surface area contributed by atoms with Crippen molar-refractivity contribution in [2.24, 2.45) is 10.3 Å². The minimum Gasteiger partial charge on any atom is -0.396 e. The van der Waals surface area contributed by atoms with Gasteiger partial charge in [-0.15, -0.1) is 0 Å². The monoisotopic (exact) mass is 326 g/mol. The molecule has 104 valence electrons. The highest BCUT2D eigenvalue weighted by Crippen LogP contribution is 2.12. The van der Waals surface area contributed by atoms with E-state index in [1.165, 1.54) is 0 Å². The molecule has 0 heterocycles. The van der Waals surface area contributed by atoms with Crippen LogP contribution in [-0.4, -0.2) is 24.6 Å². The number of halogens is 1. The Balaban J connectivity index is 2.94. The lowest BCUT2D eigenvalue weighted by molar-refractivity contribution is 0.144. The van der Waals surface area contributed by atoms with Gasteiger partial charge in [0, 0.05) is 10.0 Å². The van der Waals surface area contributed by atoms with Crippen LogP contribution in [0.5, 0.6) is 0 Å². The predicted octanol–water partition coefficient (Wildman–Crippen LogP) is 3.99. The van der Waals surface area contributed by atoms with Gasteiger partial charge in [0.05, 0.1) is 0 Å². The Morgan fingerprint density at radius 1 is 1.11 bits per heavy atom. The standard InChI is InChI=1S/C14H19BrN2O2/c1-4-10-19-16-11(3)14(17-18-5-2)12-6-8-13(15)9-7-12/h6-9H,4-5,10H2,1-3H3. The number of oxime groups is 2. The van der Waals surface area contributed by atoms with Gasteiger partial charge < -0.3 is 9.68 Å². The molecule has 0 aliphatic heterocycles. The van der Waals surface area contributed by atoms with Crippen LogP contribution in [0.2, 0.25) is 0 Å². The summed E-state index contributed by atoms with van der Waals surface area (Å²) in [7, 11) is 0. The average Bonchev–Trinajstić information content (AvgIpc) is 2.41. The molecular formula is C14H19BrN2O2. The maximum atomic E-state index is 5.19. The van der Waals surface area contributed by atoms with Gasteiger partial charge in [0.15, 0.2) is 0 Å². The van der Waals surface area contributed by atoms with E-state index in [1.807, 2.05) is 45.0 Å². The zero-order chi connectivity index (χ0) is 14.1. The SMILES string of the molecule is CCCON=C(C)C(=NOCC)c1ccc(Br)cc1. The van der Waals surface area contributed by atoms with Crippen LogP contribution in [0.15, 0.2) is 39.0 Å². The van der Waals surface area contributed by atoms with E-state index >= 15 is 0 Å². The molecule has 0 spiro atoms. The van der Waals surface area contributed by atoms with E-state index in [2.05, 4.69) is 26.2 Å². The van der Waals surface area contributed by atoms with E-state index in [0.717, 1.165) is 16.5 Å². The fourth-order valence-electron chi connectivity index (χ4n) is 1.34. The molecule has 0 atom stereocenters. The van der Waals surface area contributed by atoms with Crippen molar-refractivity contribution in [2.75, 3.05) is 13.2 Å². The number of hydrogen-bond acceptors (Lipinski definition) is 4. The molecule has 0 saturated carbocycles. The van der Waals surface area contributed by atoms with Crippen molar-refractivity contribution in [1.82, 2.24) is 0 Å². The van der Waals surface area contributed by atoms with E-state index in [9.17, 15) is 0 Å². The Kier molecular flexibility index (Phi) is 7.18. The molecule has 1 aromatic carbocycles. The molecular weight excluding hydrogens is 308 g/mol. The molecule has 0 aromatic heterocycles. The second-order valence-corrected chi connectivity index (χ2v) is 4.79. The summed E-state index contributed by atoms with van der Waals surface area (Å²) in [5.41, 5.74) is 2.33. The van der Waals surface area contributed by atoms with E-state index in [4.69, 9.17) is 9.68 Å². The summed E-state index contributed by atoms with van der Waals surface area (Å²) in [5.74, 6) is 0. The van der Waals surface area contributed by atoms with E-state index < -0.39 is 0 Å². The molecule has 0 fully saturated rings. The van der Waals surface area contributed by atoms with Crippen LogP contribution in [0, 0.1) is 0 Å². The van der Waals surface area contributed by atoms with Crippen LogP contribution in [0.1, 0.15) is 32.8 Å². The van der Waals surface area contributed by atoms with Crippen molar-refractivity contribution >= 4 is 27.4 Å². The fourth-order valence-corrected chi connectivity index (χ4v) is 1.61. The lowest BCUT2D eigenvalue weighted by Crippen LogP contribution is -2.13. The molecule has 0 aliphatic carbocycles. The number of benzene rings is 1. The topological polar surface area (TPSA) is 43.2 Å². The summed E-state index contributed by atoms with van der Waals surface area (Å²) in [6.07, 6.45) is 0.924. The van der Waals surface area contributed by atoms with E-state index in [1.54, 1.807) is 0 Å². The third kappa shape index (κ3) is 5.42. The van der Waals surface area contributed by atoms with Gasteiger partial charge in [0.25, 0.3) is 0 Å². The summed E-state index contributed by atoms with van der Waals surface area (Å²) in [5, 5.41) is 8.17. The number of rotatable bonds is 7. The van der Waals surface area contributed by atoms with Gasteiger partial charge in [-0.25, -0.2) is 0 Å². The number of nitrogens with zero attached hydrogens (tertiary/aromatic N) is 2. The predicted molar refractivity (Wildman–Crippen MR) is 81.7 cm³/mol. The highest BCUT2D eigenvalue weighted by Gasteiger charge is 2.09. The van der Waals surface area contributed by atoms with Gasteiger partial charge in [0.1, 0.15) is 24.6 Å². The molecule has 0 radical (unpaired) electrons. The lowest BCUT2D eigenvalue weighted by atomic mass is 10.1. The Hall–Kier alpha value is -1.36. The highest BCUT2D eigenvalue weighted by atomic mass is 79.9. The second-order valence-electron chi connectivity index (χ2n) is 3.87. The maximum absolute atomic E-state index is 5.19. The van der Waals surface area contributed by atoms with Crippen molar-refractivity contribution in [3.63, 3.8) is 0 Å². The van der Waals surface area contributed by atoms with Crippen LogP contribution in [-0.2, 0) is 9.68 Å². The van der Waals surface area contributed by atoms with Crippen molar-refractivity contribution in [1.29, 1.82) is 0 Å². The molecule has 4 nitrogen and oxygen atoms in total. The van der Waals surface area contributed by atoms with Crippen LogP contribution >= 0.6 is 15.9 Å². The molecule has 0 amide bonds. The first-order chi connectivity index (χ1) is 9.19. The largest absolute Gasteiger partial charge is 0.396 e. The van der Waals surface area contributed by atoms with Gasteiger partial charge in [-0.2, -0.15) is 0 Å². The average molecular weight is 327 g/mol. The van der Waals surface area contributed by atoms with Crippen LogP contribution in [0.3, 0.4) is 0 Å². The minimum absolute atomic E-state index is 0.517. The first kappa shape index (κ1) is 15.7. The fraction of sp³-hybridized carbons (Fsp3) is 0.429. The van der Waals surface area contributed by atoms with Crippen LogP contribution < -0.4 is 0 Å². The van der Waals surface area contributed by atoms with Crippen molar-refractivity contribution in [3.05, 3.63) is 34.3 Å². The first-order valence-corrected chi connectivity index (χ1v) is 7.11. The normalized spacial score (nSPS) is 12.4. The van der Waals surface area contributed by atoms with Crippen LogP contribution in [0.25, 0.3) is 0 Å². The second kappa shape index (κ2) is 8.69. The van der Waals surface area contributed by atoms with Crippen molar-refractivity contribution < 1.29 is 9.68 Å². The Bertz CT molecular complexity index is 441. The molecule has 19 heavy (non-hydrogen) atoms. The van der Waals surface area contributed by atoms with Gasteiger partial charge in [0.2, 0.25) is 0 Å². The zero-order valence-corrected chi connectivity index (χ0v) is 13.1. The lowest BCUT2D eigenvalue weighted by Gasteiger charge is -2.06. The van der Waals surface area contributed by atoms with Gasteiger partial charge in [-0.3, -0.25) is 0 Å². The molecule has 0 aliphatic rings. The Morgan fingerprint density at radius 3 is 2.37 bits per heavy atom. The Morgan fingerprint density at radius 2 is 1.79 bits per heavy atom. The van der Waals surface area contributed by atoms with Gasteiger partial charge >= 0.3 is 0 Å². The summed E-state index contributed by atoms with van der Waals surface area (Å²) < 4.78 is 1.02. The zero-order valence-electron chi connectivity index (χ0n) is 11.5.